The molecule has 0 unspecified atom stereocenters. The molecule has 1 heterocycles. The molecule has 0 bridgehead atoms. The van der Waals surface area contributed by atoms with Gasteiger partial charge in [-0.3, -0.25) is 0 Å². The number of methoxy groups -OCH3 is 2. The predicted octanol–water partition coefficient (Wildman–Crippen LogP) is 4.65. The van der Waals surface area contributed by atoms with E-state index in [4.69, 9.17) is 14.2 Å². The first-order chi connectivity index (χ1) is 15.0. The lowest BCUT2D eigenvalue weighted by Gasteiger charge is -2.26. The highest BCUT2D eigenvalue weighted by molar-refractivity contribution is 5.90. The number of amides is 2. The topological polar surface area (TPSA) is 77.1 Å². The molecule has 1 aliphatic rings. The molecule has 164 valence electrons. The zero-order valence-corrected chi connectivity index (χ0v) is 18.1. The first-order valence-electron chi connectivity index (χ1n) is 10.3. The van der Waals surface area contributed by atoms with E-state index >= 15 is 0 Å². The van der Waals surface area contributed by atoms with Gasteiger partial charge in [-0.25, -0.2) is 9.59 Å². The SMILES string of the molecule is CCOC(=O)/C=C/c1ccc(NC(=O)N2CCC[C@@H]2c2ccc(OC)cc2OC)cc1. The third-order valence-electron chi connectivity index (χ3n) is 5.17. The molecule has 1 saturated heterocycles. The quantitative estimate of drug-likeness (QED) is 0.517. The van der Waals surface area contributed by atoms with E-state index in [0.29, 0.717) is 30.3 Å². The first-order valence-corrected chi connectivity index (χ1v) is 10.3. The summed E-state index contributed by atoms with van der Waals surface area (Å²) in [6.45, 7) is 2.78. The van der Waals surface area contributed by atoms with Crippen molar-refractivity contribution >= 4 is 23.8 Å². The molecule has 3 rings (SSSR count). The molecular formula is C24H28N2O5. The first kappa shape index (κ1) is 22.2. The van der Waals surface area contributed by atoms with Crippen molar-refractivity contribution in [1.29, 1.82) is 0 Å². The summed E-state index contributed by atoms with van der Waals surface area (Å²) < 4.78 is 15.7. The minimum atomic E-state index is -0.381. The zero-order chi connectivity index (χ0) is 22.2. The smallest absolute Gasteiger partial charge is 0.330 e. The number of hydrogen-bond acceptors (Lipinski definition) is 5. The van der Waals surface area contributed by atoms with Gasteiger partial charge in [0.15, 0.2) is 0 Å². The summed E-state index contributed by atoms with van der Waals surface area (Å²) in [5.41, 5.74) is 2.49. The van der Waals surface area contributed by atoms with Crippen LogP contribution in [0.3, 0.4) is 0 Å². The van der Waals surface area contributed by atoms with Crippen LogP contribution in [0.15, 0.2) is 48.5 Å². The van der Waals surface area contributed by atoms with Gasteiger partial charge in [0.1, 0.15) is 11.5 Å². The summed E-state index contributed by atoms with van der Waals surface area (Å²) in [5.74, 6) is 1.04. The number of likely N-dealkylation sites (tertiary alicyclic amines) is 1. The second-order valence-corrected chi connectivity index (χ2v) is 7.10. The maximum Gasteiger partial charge on any atom is 0.330 e. The van der Waals surface area contributed by atoms with E-state index in [1.165, 1.54) is 6.08 Å². The highest BCUT2D eigenvalue weighted by Gasteiger charge is 2.32. The van der Waals surface area contributed by atoms with Gasteiger partial charge in [-0.15, -0.1) is 0 Å². The zero-order valence-electron chi connectivity index (χ0n) is 18.1. The van der Waals surface area contributed by atoms with Crippen LogP contribution in [-0.2, 0) is 9.53 Å². The molecule has 0 spiro atoms. The molecule has 0 aromatic heterocycles. The van der Waals surface area contributed by atoms with Gasteiger partial charge in [0.05, 0.1) is 26.9 Å². The standard InChI is InChI=1S/C24H28N2O5/c1-4-31-23(27)14-9-17-7-10-18(11-8-17)25-24(28)26-15-5-6-21(26)20-13-12-19(29-2)16-22(20)30-3/h7-14,16,21H,4-6,15H2,1-3H3,(H,25,28)/b14-9+/t21-/m1/s1. The van der Waals surface area contributed by atoms with Crippen LogP contribution in [0.5, 0.6) is 11.5 Å². The predicted molar refractivity (Wildman–Crippen MR) is 119 cm³/mol. The minimum absolute atomic E-state index is 0.0624. The monoisotopic (exact) mass is 424 g/mol. The Morgan fingerprint density at radius 1 is 1.13 bits per heavy atom. The molecule has 1 N–H and O–H groups in total. The average Bonchev–Trinajstić information content (AvgIpc) is 3.28. The van der Waals surface area contributed by atoms with E-state index in [1.807, 2.05) is 47.4 Å². The van der Waals surface area contributed by atoms with Crippen molar-refractivity contribution in [3.8, 4) is 11.5 Å². The largest absolute Gasteiger partial charge is 0.497 e. The van der Waals surface area contributed by atoms with Gasteiger partial charge in [-0.2, -0.15) is 0 Å². The molecule has 2 aromatic carbocycles. The highest BCUT2D eigenvalue weighted by atomic mass is 16.5. The molecule has 2 amide bonds. The lowest BCUT2D eigenvalue weighted by molar-refractivity contribution is -0.137. The van der Waals surface area contributed by atoms with E-state index in [0.717, 1.165) is 24.0 Å². The van der Waals surface area contributed by atoms with Gasteiger partial charge in [-0.05, 0) is 55.7 Å². The number of rotatable bonds is 7. The Morgan fingerprint density at radius 2 is 1.90 bits per heavy atom. The Bertz CT molecular complexity index is 939. The molecule has 0 radical (unpaired) electrons. The van der Waals surface area contributed by atoms with Crippen LogP contribution in [-0.4, -0.2) is 44.3 Å². The van der Waals surface area contributed by atoms with Gasteiger partial charge in [0.25, 0.3) is 0 Å². The average molecular weight is 424 g/mol. The molecule has 31 heavy (non-hydrogen) atoms. The van der Waals surface area contributed by atoms with Crippen LogP contribution in [0.4, 0.5) is 10.5 Å². The number of carbonyl (C=O) groups is 2. The number of carbonyl (C=O) groups excluding carboxylic acids is 2. The van der Waals surface area contributed by atoms with Gasteiger partial charge in [0.2, 0.25) is 0 Å². The maximum absolute atomic E-state index is 13.0. The number of urea groups is 1. The molecule has 1 atom stereocenters. The van der Waals surface area contributed by atoms with E-state index in [9.17, 15) is 9.59 Å². The number of anilines is 1. The van der Waals surface area contributed by atoms with E-state index in [1.54, 1.807) is 27.2 Å². The molecule has 7 heteroatoms. The fourth-order valence-electron chi connectivity index (χ4n) is 3.65. The van der Waals surface area contributed by atoms with Crippen molar-refractivity contribution in [3.63, 3.8) is 0 Å². The summed E-state index contributed by atoms with van der Waals surface area (Å²) in [6, 6.07) is 12.7. The molecule has 0 saturated carbocycles. The molecule has 2 aromatic rings. The minimum Gasteiger partial charge on any atom is -0.497 e. The van der Waals surface area contributed by atoms with Gasteiger partial charge in [0, 0.05) is 29.9 Å². The fourth-order valence-corrected chi connectivity index (χ4v) is 3.65. The number of esters is 1. The Kier molecular flexibility index (Phi) is 7.54. The van der Waals surface area contributed by atoms with Crippen LogP contribution < -0.4 is 14.8 Å². The van der Waals surface area contributed by atoms with Crippen LogP contribution in [0.1, 0.15) is 36.9 Å². The normalized spacial score (nSPS) is 15.7. The Hall–Kier alpha value is -3.48. The van der Waals surface area contributed by atoms with Crippen molar-refractivity contribution in [1.82, 2.24) is 4.90 Å². The van der Waals surface area contributed by atoms with Crippen LogP contribution in [0, 0.1) is 0 Å². The van der Waals surface area contributed by atoms with E-state index in [-0.39, 0.29) is 18.0 Å². The fraction of sp³-hybridized carbons (Fsp3) is 0.333. The maximum atomic E-state index is 13.0. The summed E-state index contributed by atoms with van der Waals surface area (Å²) >= 11 is 0. The molecule has 1 aliphatic heterocycles. The second kappa shape index (κ2) is 10.5. The number of ether oxygens (including phenoxy) is 3. The molecule has 0 aliphatic carbocycles. The summed E-state index contributed by atoms with van der Waals surface area (Å²) in [6.07, 6.45) is 4.85. The number of nitrogens with zero attached hydrogens (tertiary/aromatic N) is 1. The van der Waals surface area contributed by atoms with Gasteiger partial charge in [-0.1, -0.05) is 12.1 Å². The van der Waals surface area contributed by atoms with Crippen LogP contribution in [0.2, 0.25) is 0 Å². The lowest BCUT2D eigenvalue weighted by atomic mass is 10.0. The summed E-state index contributed by atoms with van der Waals surface area (Å²) in [7, 11) is 3.23. The Labute approximate surface area is 182 Å². The van der Waals surface area contributed by atoms with Crippen LogP contribution >= 0.6 is 0 Å². The number of nitrogens with one attached hydrogen (secondary N) is 1. The Morgan fingerprint density at radius 3 is 2.58 bits per heavy atom. The van der Waals surface area contributed by atoms with Crippen molar-refractivity contribution in [2.75, 3.05) is 32.7 Å². The number of hydrogen-bond donors (Lipinski definition) is 1. The molecule has 1 fully saturated rings. The number of benzene rings is 2. The van der Waals surface area contributed by atoms with Crippen molar-refractivity contribution in [2.24, 2.45) is 0 Å². The lowest BCUT2D eigenvalue weighted by Crippen LogP contribution is -2.34. The molecular weight excluding hydrogens is 396 g/mol. The van der Waals surface area contributed by atoms with Crippen molar-refractivity contribution < 1.29 is 23.8 Å². The molecule has 7 nitrogen and oxygen atoms in total. The van der Waals surface area contributed by atoms with Crippen LogP contribution in [0.25, 0.3) is 6.08 Å². The Balaban J connectivity index is 1.68. The summed E-state index contributed by atoms with van der Waals surface area (Å²) in [4.78, 5) is 26.2. The summed E-state index contributed by atoms with van der Waals surface area (Å²) in [5, 5.41) is 2.96. The van der Waals surface area contributed by atoms with Crippen molar-refractivity contribution in [3.05, 3.63) is 59.7 Å². The van der Waals surface area contributed by atoms with E-state index in [2.05, 4.69) is 5.32 Å². The van der Waals surface area contributed by atoms with E-state index < -0.39 is 0 Å². The van der Waals surface area contributed by atoms with Crippen molar-refractivity contribution in [2.45, 2.75) is 25.8 Å². The van der Waals surface area contributed by atoms with Gasteiger partial charge >= 0.3 is 12.0 Å². The third-order valence-corrected chi connectivity index (χ3v) is 5.17. The second-order valence-electron chi connectivity index (χ2n) is 7.10. The third kappa shape index (κ3) is 5.57. The highest BCUT2D eigenvalue weighted by Crippen LogP contribution is 2.38. The van der Waals surface area contributed by atoms with Gasteiger partial charge < -0.3 is 24.4 Å².